The van der Waals surface area contributed by atoms with E-state index in [1.807, 2.05) is 4.90 Å². The van der Waals surface area contributed by atoms with Gasteiger partial charge in [-0.15, -0.1) is 19.6 Å². The SMILES string of the molecule is C#Cc1c(F)ccc2cc(O)cc(-c3ncc4c(N5CCCCCN5)nc(OC[C@@]56CC[C@H](c7ccc(OC(F)(F)F)cc7)N5C[C@H](F)C6)nc4c3F)c12. The normalized spacial score (nSPS) is 22.0. The summed E-state index contributed by atoms with van der Waals surface area (Å²) in [4.78, 5) is 15.6. The van der Waals surface area contributed by atoms with Gasteiger partial charge in [0.15, 0.2) is 11.6 Å². The van der Waals surface area contributed by atoms with Crippen molar-refractivity contribution >= 4 is 27.5 Å². The van der Waals surface area contributed by atoms with Gasteiger partial charge in [-0.2, -0.15) is 9.97 Å². The first kappa shape index (κ1) is 35.7. The molecule has 280 valence electrons. The van der Waals surface area contributed by atoms with Crippen LogP contribution in [0.2, 0.25) is 0 Å². The molecule has 0 bridgehead atoms. The third-order valence-electron chi connectivity index (χ3n) is 10.5. The molecule has 0 amide bonds. The minimum absolute atomic E-state index is 0.0425. The Kier molecular flexibility index (Phi) is 9.13. The number of aromatic hydroxyl groups is 1. The van der Waals surface area contributed by atoms with Gasteiger partial charge in [-0.25, -0.2) is 18.6 Å². The Morgan fingerprint density at radius 2 is 1.87 bits per heavy atom. The van der Waals surface area contributed by atoms with Crippen molar-refractivity contribution in [3.05, 3.63) is 77.5 Å². The van der Waals surface area contributed by atoms with Crippen molar-refractivity contribution in [1.82, 2.24) is 25.3 Å². The predicted molar refractivity (Wildman–Crippen MR) is 189 cm³/mol. The van der Waals surface area contributed by atoms with Gasteiger partial charge in [0, 0.05) is 49.2 Å². The Hall–Kier alpha value is -5.33. The Labute approximate surface area is 305 Å². The number of aromatic nitrogens is 3. The highest BCUT2D eigenvalue weighted by Crippen LogP contribution is 2.50. The molecule has 2 aromatic heterocycles. The van der Waals surface area contributed by atoms with Gasteiger partial charge in [-0.05, 0) is 67.0 Å². The average Bonchev–Trinajstić information content (AvgIpc) is 3.49. The summed E-state index contributed by atoms with van der Waals surface area (Å²) in [6, 6.07) is 10.4. The van der Waals surface area contributed by atoms with Crippen LogP contribution >= 0.6 is 0 Å². The Bertz CT molecular complexity index is 2280. The van der Waals surface area contributed by atoms with Crippen molar-refractivity contribution < 1.29 is 40.9 Å². The van der Waals surface area contributed by atoms with Gasteiger partial charge in [0.1, 0.15) is 41.3 Å². The molecule has 8 rings (SSSR count). The lowest BCUT2D eigenvalue weighted by molar-refractivity contribution is -0.274. The number of ether oxygens (including phenoxy) is 2. The highest BCUT2D eigenvalue weighted by molar-refractivity contribution is 6.03. The van der Waals surface area contributed by atoms with E-state index in [0.717, 1.165) is 19.3 Å². The number of nitrogens with one attached hydrogen (secondary N) is 1. The van der Waals surface area contributed by atoms with E-state index in [9.17, 15) is 22.7 Å². The average molecular weight is 749 g/mol. The zero-order chi connectivity index (χ0) is 37.8. The van der Waals surface area contributed by atoms with E-state index in [1.165, 1.54) is 42.6 Å². The molecule has 0 radical (unpaired) electrons. The number of fused-ring (bicyclic) bond motifs is 3. The number of hydrazine groups is 1. The lowest BCUT2D eigenvalue weighted by Crippen LogP contribution is -2.44. The molecule has 0 unspecified atom stereocenters. The molecule has 3 aliphatic rings. The highest BCUT2D eigenvalue weighted by atomic mass is 19.4. The molecule has 3 saturated heterocycles. The molecule has 15 heteroatoms. The molecule has 0 aliphatic carbocycles. The summed E-state index contributed by atoms with van der Waals surface area (Å²) in [5, 5.41) is 13.2. The molecule has 5 heterocycles. The van der Waals surface area contributed by atoms with Crippen LogP contribution in [0.4, 0.5) is 32.2 Å². The fourth-order valence-electron chi connectivity index (χ4n) is 8.20. The summed E-state index contributed by atoms with van der Waals surface area (Å²) < 4.78 is 95.6. The second-order valence-electron chi connectivity index (χ2n) is 13.9. The van der Waals surface area contributed by atoms with E-state index in [-0.39, 0.29) is 76.2 Å². The Morgan fingerprint density at radius 3 is 2.65 bits per heavy atom. The number of nitrogens with zero attached hydrogens (tertiary/aromatic N) is 5. The summed E-state index contributed by atoms with van der Waals surface area (Å²) in [7, 11) is 0. The minimum Gasteiger partial charge on any atom is -0.508 e. The molecule has 3 aliphatic heterocycles. The first-order valence-electron chi connectivity index (χ1n) is 17.6. The monoisotopic (exact) mass is 748 g/mol. The van der Waals surface area contributed by atoms with Crippen molar-refractivity contribution in [3.63, 3.8) is 0 Å². The number of anilines is 1. The molecule has 0 spiro atoms. The summed E-state index contributed by atoms with van der Waals surface area (Å²) in [6.07, 6.45) is 5.07. The third-order valence-corrected chi connectivity index (χ3v) is 10.5. The topological polar surface area (TPSA) is 95.9 Å². The number of hydrogen-bond acceptors (Lipinski definition) is 9. The number of terminal acetylenes is 1. The summed E-state index contributed by atoms with van der Waals surface area (Å²) in [6.45, 7) is 1.25. The van der Waals surface area contributed by atoms with Crippen molar-refractivity contribution in [2.75, 3.05) is 31.3 Å². The molecule has 3 atom stereocenters. The van der Waals surface area contributed by atoms with Crippen molar-refractivity contribution in [3.8, 4) is 41.1 Å². The van der Waals surface area contributed by atoms with Crippen LogP contribution < -0.4 is 19.9 Å². The van der Waals surface area contributed by atoms with Crippen LogP contribution in [-0.4, -0.2) is 69.3 Å². The van der Waals surface area contributed by atoms with Gasteiger partial charge in [0.05, 0.1) is 16.5 Å². The fourth-order valence-corrected chi connectivity index (χ4v) is 8.20. The zero-order valence-corrected chi connectivity index (χ0v) is 28.8. The maximum Gasteiger partial charge on any atom is 0.573 e. The van der Waals surface area contributed by atoms with Gasteiger partial charge in [0.2, 0.25) is 0 Å². The van der Waals surface area contributed by atoms with E-state index in [0.29, 0.717) is 42.7 Å². The summed E-state index contributed by atoms with van der Waals surface area (Å²) >= 11 is 0. The maximum atomic E-state index is 16.9. The largest absolute Gasteiger partial charge is 0.573 e. The van der Waals surface area contributed by atoms with Gasteiger partial charge in [-0.1, -0.05) is 30.5 Å². The van der Waals surface area contributed by atoms with E-state index < -0.39 is 29.7 Å². The first-order chi connectivity index (χ1) is 25.9. The van der Waals surface area contributed by atoms with Gasteiger partial charge < -0.3 is 14.6 Å². The number of halogens is 6. The summed E-state index contributed by atoms with van der Waals surface area (Å²) in [5.41, 5.74) is 2.84. The van der Waals surface area contributed by atoms with Gasteiger partial charge in [0.25, 0.3) is 0 Å². The lowest BCUT2D eigenvalue weighted by atomic mass is 9.94. The maximum absolute atomic E-state index is 16.9. The Morgan fingerprint density at radius 1 is 1.06 bits per heavy atom. The van der Waals surface area contributed by atoms with Crippen molar-refractivity contribution in [1.29, 1.82) is 0 Å². The second-order valence-corrected chi connectivity index (χ2v) is 13.9. The van der Waals surface area contributed by atoms with E-state index in [2.05, 4.69) is 26.1 Å². The van der Waals surface area contributed by atoms with Crippen molar-refractivity contribution in [2.24, 2.45) is 0 Å². The zero-order valence-electron chi connectivity index (χ0n) is 28.8. The van der Waals surface area contributed by atoms with Crippen molar-refractivity contribution in [2.45, 2.75) is 62.6 Å². The molecule has 9 nitrogen and oxygen atoms in total. The molecule has 54 heavy (non-hydrogen) atoms. The predicted octanol–water partition coefficient (Wildman–Crippen LogP) is 7.90. The van der Waals surface area contributed by atoms with E-state index >= 15 is 8.78 Å². The van der Waals surface area contributed by atoms with Crippen LogP contribution in [-0.2, 0) is 0 Å². The van der Waals surface area contributed by atoms with E-state index in [4.69, 9.17) is 16.1 Å². The number of benzene rings is 3. The summed E-state index contributed by atoms with van der Waals surface area (Å²) in [5.74, 6) is 0.531. The molecule has 0 saturated carbocycles. The van der Waals surface area contributed by atoms with Crippen LogP contribution in [0.15, 0.2) is 54.7 Å². The van der Waals surface area contributed by atoms with Crippen LogP contribution in [0.1, 0.15) is 55.7 Å². The van der Waals surface area contributed by atoms with E-state index in [1.54, 1.807) is 17.1 Å². The Balaban J connectivity index is 1.17. The number of alkyl halides is 4. The molecular formula is C39H34F6N6O3. The van der Waals surface area contributed by atoms with Crippen LogP contribution in [0, 0.1) is 24.0 Å². The van der Waals surface area contributed by atoms with Crippen LogP contribution in [0.25, 0.3) is 32.9 Å². The smallest absolute Gasteiger partial charge is 0.508 e. The lowest BCUT2D eigenvalue weighted by Gasteiger charge is -2.34. The molecule has 2 N–H and O–H groups in total. The fraction of sp³-hybridized carbons (Fsp3) is 0.359. The minimum atomic E-state index is -4.82. The number of phenols is 1. The quantitative estimate of drug-likeness (QED) is 0.127. The third kappa shape index (κ3) is 6.58. The first-order valence-corrected chi connectivity index (χ1v) is 17.6. The number of phenolic OH excluding ortho intramolecular Hbond substituents is 1. The molecule has 3 fully saturated rings. The number of pyridine rings is 1. The van der Waals surface area contributed by atoms with Crippen LogP contribution in [0.5, 0.6) is 17.5 Å². The van der Waals surface area contributed by atoms with Gasteiger partial charge >= 0.3 is 12.4 Å². The molecule has 3 aromatic carbocycles. The molecule has 5 aromatic rings. The molecular weight excluding hydrogens is 714 g/mol. The van der Waals surface area contributed by atoms with Gasteiger partial charge in [-0.3, -0.25) is 14.9 Å². The van der Waals surface area contributed by atoms with Crippen LogP contribution in [0.3, 0.4) is 0 Å². The standard InChI is InChI=1S/C39H34F6N6O3/c1-2-27-30(41)11-8-23-16-25(52)17-28(32(23)27)34-33(42)35-29(19-46-34)36(51-15-5-3-4-14-47-51)49-37(48-35)53-21-38-13-12-31(50(38)20-24(40)18-38)22-6-9-26(10-7-22)54-39(43,44)45/h1,6-11,16-17,19,24,31,47,52H,3-5,12-15,18,20-21H2/t24-,31-,38+/m1/s1. The number of rotatable bonds is 7. The number of hydrogen-bond donors (Lipinski definition) is 2. The second kappa shape index (κ2) is 13.8. The highest BCUT2D eigenvalue weighted by Gasteiger charge is 2.54.